The standard InChI is InChI=1S/C14H17ClN6O/c15-12-18-13(17-5-3-11-2-1-4-16-10-11)20-14(19-12)21-6-8-22-9-7-21/h1-2,4,10H,3,5-9H2,(H,17,18,19,20). The minimum atomic E-state index is 0.195. The van der Waals surface area contributed by atoms with Gasteiger partial charge in [-0.05, 0) is 29.7 Å². The Morgan fingerprint density at radius 3 is 2.86 bits per heavy atom. The van der Waals surface area contributed by atoms with Gasteiger partial charge in [-0.15, -0.1) is 0 Å². The maximum Gasteiger partial charge on any atom is 0.231 e. The minimum Gasteiger partial charge on any atom is -0.378 e. The molecule has 1 aliphatic rings. The van der Waals surface area contributed by atoms with Crippen molar-refractivity contribution < 1.29 is 4.74 Å². The summed E-state index contributed by atoms with van der Waals surface area (Å²) in [6.07, 6.45) is 4.45. The highest BCUT2D eigenvalue weighted by molar-refractivity contribution is 6.28. The van der Waals surface area contributed by atoms with Crippen LogP contribution in [0.15, 0.2) is 24.5 Å². The second-order valence-electron chi connectivity index (χ2n) is 4.87. The van der Waals surface area contributed by atoms with Crippen molar-refractivity contribution in [3.63, 3.8) is 0 Å². The highest BCUT2D eigenvalue weighted by Gasteiger charge is 2.15. The van der Waals surface area contributed by atoms with Gasteiger partial charge in [-0.25, -0.2) is 0 Å². The van der Waals surface area contributed by atoms with Gasteiger partial charge in [-0.2, -0.15) is 15.0 Å². The molecule has 1 fully saturated rings. The van der Waals surface area contributed by atoms with E-state index in [1.165, 1.54) is 0 Å². The third-order valence-corrected chi connectivity index (χ3v) is 3.48. The van der Waals surface area contributed by atoms with Crippen LogP contribution in [0.25, 0.3) is 0 Å². The Labute approximate surface area is 133 Å². The van der Waals surface area contributed by atoms with Crippen LogP contribution in [0.2, 0.25) is 5.28 Å². The predicted molar refractivity (Wildman–Crippen MR) is 84.3 cm³/mol. The maximum absolute atomic E-state index is 6.00. The van der Waals surface area contributed by atoms with E-state index in [0.29, 0.717) is 31.7 Å². The van der Waals surface area contributed by atoms with E-state index < -0.39 is 0 Å². The van der Waals surface area contributed by atoms with Gasteiger partial charge in [0.1, 0.15) is 0 Å². The summed E-state index contributed by atoms with van der Waals surface area (Å²) in [4.78, 5) is 18.9. The number of anilines is 2. The van der Waals surface area contributed by atoms with Gasteiger partial charge in [0.15, 0.2) is 0 Å². The molecule has 0 bridgehead atoms. The topological polar surface area (TPSA) is 76.1 Å². The van der Waals surface area contributed by atoms with Crippen LogP contribution in [-0.2, 0) is 11.2 Å². The summed E-state index contributed by atoms with van der Waals surface area (Å²) in [7, 11) is 0. The monoisotopic (exact) mass is 320 g/mol. The van der Waals surface area contributed by atoms with E-state index in [-0.39, 0.29) is 5.28 Å². The summed E-state index contributed by atoms with van der Waals surface area (Å²) in [6, 6.07) is 3.96. The van der Waals surface area contributed by atoms with Crippen molar-refractivity contribution in [2.45, 2.75) is 6.42 Å². The van der Waals surface area contributed by atoms with E-state index in [1.54, 1.807) is 6.20 Å². The Morgan fingerprint density at radius 1 is 1.23 bits per heavy atom. The van der Waals surface area contributed by atoms with Gasteiger partial charge in [-0.3, -0.25) is 4.98 Å². The van der Waals surface area contributed by atoms with Crippen LogP contribution in [-0.4, -0.2) is 52.8 Å². The van der Waals surface area contributed by atoms with Crippen LogP contribution in [0, 0.1) is 0 Å². The number of pyridine rings is 1. The lowest BCUT2D eigenvalue weighted by molar-refractivity contribution is 0.122. The SMILES string of the molecule is Clc1nc(NCCc2cccnc2)nc(N2CCOCC2)n1. The van der Waals surface area contributed by atoms with Gasteiger partial charge >= 0.3 is 0 Å². The second kappa shape index (κ2) is 7.33. The van der Waals surface area contributed by atoms with Crippen LogP contribution in [0.1, 0.15) is 5.56 Å². The van der Waals surface area contributed by atoms with E-state index in [0.717, 1.165) is 25.1 Å². The molecule has 7 nitrogen and oxygen atoms in total. The molecule has 8 heteroatoms. The van der Waals surface area contributed by atoms with Crippen LogP contribution < -0.4 is 10.2 Å². The number of rotatable bonds is 5. The van der Waals surface area contributed by atoms with E-state index in [2.05, 4.69) is 25.3 Å². The first-order valence-corrected chi connectivity index (χ1v) is 7.56. The molecule has 0 aliphatic carbocycles. The fourth-order valence-corrected chi connectivity index (χ4v) is 2.34. The number of hydrogen-bond acceptors (Lipinski definition) is 7. The van der Waals surface area contributed by atoms with Gasteiger partial charge in [0.05, 0.1) is 13.2 Å². The molecule has 0 spiro atoms. The Hall–Kier alpha value is -1.99. The molecule has 1 N–H and O–H groups in total. The molecule has 0 amide bonds. The Morgan fingerprint density at radius 2 is 2.09 bits per heavy atom. The molecular weight excluding hydrogens is 304 g/mol. The number of nitrogens with zero attached hydrogens (tertiary/aromatic N) is 5. The van der Waals surface area contributed by atoms with Gasteiger partial charge in [-0.1, -0.05) is 6.07 Å². The molecule has 0 atom stereocenters. The zero-order valence-electron chi connectivity index (χ0n) is 12.1. The first-order valence-electron chi connectivity index (χ1n) is 7.18. The zero-order valence-corrected chi connectivity index (χ0v) is 12.8. The Balaban J connectivity index is 1.62. The van der Waals surface area contributed by atoms with Gasteiger partial charge in [0.2, 0.25) is 17.2 Å². The van der Waals surface area contributed by atoms with Gasteiger partial charge in [0.25, 0.3) is 0 Å². The highest BCUT2D eigenvalue weighted by Crippen LogP contribution is 2.15. The molecular formula is C14H17ClN6O. The maximum atomic E-state index is 6.00. The molecule has 2 aromatic rings. The number of halogens is 1. The van der Waals surface area contributed by atoms with Crippen molar-refractivity contribution in [2.75, 3.05) is 43.1 Å². The van der Waals surface area contributed by atoms with Crippen LogP contribution >= 0.6 is 11.6 Å². The summed E-state index contributed by atoms with van der Waals surface area (Å²) in [5, 5.41) is 3.38. The fourth-order valence-electron chi connectivity index (χ4n) is 2.19. The Bertz CT molecular complexity index is 606. The first-order chi connectivity index (χ1) is 10.8. The number of aromatic nitrogens is 4. The molecule has 0 unspecified atom stereocenters. The predicted octanol–water partition coefficient (Wildman–Crippen LogP) is 1.41. The van der Waals surface area contributed by atoms with Crippen molar-refractivity contribution in [3.8, 4) is 0 Å². The molecule has 3 heterocycles. The molecule has 1 saturated heterocycles. The van der Waals surface area contributed by atoms with Crippen molar-refractivity contribution in [1.82, 2.24) is 19.9 Å². The highest BCUT2D eigenvalue weighted by atomic mass is 35.5. The molecule has 0 aromatic carbocycles. The quantitative estimate of drug-likeness (QED) is 0.892. The van der Waals surface area contributed by atoms with Crippen molar-refractivity contribution in [1.29, 1.82) is 0 Å². The van der Waals surface area contributed by atoms with Gasteiger partial charge < -0.3 is 15.0 Å². The first kappa shape index (κ1) is 14.9. The lowest BCUT2D eigenvalue weighted by Gasteiger charge is -2.26. The molecule has 2 aromatic heterocycles. The summed E-state index contributed by atoms with van der Waals surface area (Å²) in [5.74, 6) is 1.08. The zero-order chi connectivity index (χ0) is 15.2. The van der Waals surface area contributed by atoms with Crippen LogP contribution in [0.3, 0.4) is 0 Å². The van der Waals surface area contributed by atoms with E-state index >= 15 is 0 Å². The summed E-state index contributed by atoms with van der Waals surface area (Å²) in [5.41, 5.74) is 1.16. The normalized spacial score (nSPS) is 14.9. The van der Waals surface area contributed by atoms with E-state index in [9.17, 15) is 0 Å². The van der Waals surface area contributed by atoms with E-state index in [4.69, 9.17) is 16.3 Å². The number of hydrogen-bond donors (Lipinski definition) is 1. The van der Waals surface area contributed by atoms with E-state index in [1.807, 2.05) is 23.2 Å². The second-order valence-corrected chi connectivity index (χ2v) is 5.20. The average Bonchev–Trinajstić information content (AvgIpc) is 2.56. The summed E-state index contributed by atoms with van der Waals surface area (Å²) < 4.78 is 5.33. The number of nitrogens with one attached hydrogen (secondary N) is 1. The minimum absolute atomic E-state index is 0.195. The summed E-state index contributed by atoms with van der Waals surface area (Å²) >= 11 is 6.00. The molecule has 1 aliphatic heterocycles. The van der Waals surface area contributed by atoms with Crippen molar-refractivity contribution >= 4 is 23.5 Å². The molecule has 0 radical (unpaired) electrons. The third kappa shape index (κ3) is 4.02. The fraction of sp³-hybridized carbons (Fsp3) is 0.429. The Kier molecular flexibility index (Phi) is 4.97. The third-order valence-electron chi connectivity index (χ3n) is 3.31. The molecule has 116 valence electrons. The molecule has 0 saturated carbocycles. The average molecular weight is 321 g/mol. The van der Waals surface area contributed by atoms with Crippen molar-refractivity contribution in [3.05, 3.63) is 35.4 Å². The van der Waals surface area contributed by atoms with Gasteiger partial charge in [0, 0.05) is 32.0 Å². The molecule has 22 heavy (non-hydrogen) atoms. The number of morpholine rings is 1. The molecule has 3 rings (SSSR count). The summed E-state index contributed by atoms with van der Waals surface area (Å²) in [6.45, 7) is 3.57. The van der Waals surface area contributed by atoms with Crippen LogP contribution in [0.4, 0.5) is 11.9 Å². The lowest BCUT2D eigenvalue weighted by atomic mass is 10.2. The lowest BCUT2D eigenvalue weighted by Crippen LogP contribution is -2.37. The largest absolute Gasteiger partial charge is 0.378 e. The smallest absolute Gasteiger partial charge is 0.231 e. The van der Waals surface area contributed by atoms with Crippen LogP contribution in [0.5, 0.6) is 0 Å². The number of ether oxygens (including phenoxy) is 1. The van der Waals surface area contributed by atoms with Crippen molar-refractivity contribution in [2.24, 2.45) is 0 Å².